The van der Waals surface area contributed by atoms with E-state index in [4.69, 9.17) is 0 Å². The summed E-state index contributed by atoms with van der Waals surface area (Å²) in [4.78, 5) is 6.71. The predicted molar refractivity (Wildman–Crippen MR) is 86.0 cm³/mol. The Kier molecular flexibility index (Phi) is 5.20. The lowest BCUT2D eigenvalue weighted by atomic mass is 9.85. The summed E-state index contributed by atoms with van der Waals surface area (Å²) in [6.45, 7) is 11.5. The van der Waals surface area contributed by atoms with Crippen LogP contribution in [0.1, 0.15) is 52.5 Å². The van der Waals surface area contributed by atoms with E-state index in [9.17, 15) is 4.39 Å². The smallest absolute Gasteiger partial charge is 0.141 e. The average molecular weight is 293 g/mol. The van der Waals surface area contributed by atoms with Gasteiger partial charge in [0.1, 0.15) is 11.6 Å². The molecule has 0 radical (unpaired) electrons. The summed E-state index contributed by atoms with van der Waals surface area (Å²) in [5.74, 6) is 0.691. The maximum atomic E-state index is 13.5. The molecule has 1 N–H and O–H groups in total. The first-order valence-corrected chi connectivity index (χ1v) is 8.00. The first kappa shape index (κ1) is 16.2. The van der Waals surface area contributed by atoms with E-state index >= 15 is 0 Å². The van der Waals surface area contributed by atoms with Crippen LogP contribution in [-0.2, 0) is 6.54 Å². The molecule has 0 aromatic carbocycles. The van der Waals surface area contributed by atoms with Gasteiger partial charge in [0.05, 0.1) is 6.20 Å². The molecule has 0 spiro atoms. The second-order valence-corrected chi connectivity index (χ2v) is 7.18. The number of aromatic nitrogens is 1. The maximum Gasteiger partial charge on any atom is 0.141 e. The topological polar surface area (TPSA) is 28.2 Å². The van der Waals surface area contributed by atoms with Crippen LogP contribution >= 0.6 is 0 Å². The Balaban J connectivity index is 2.17. The van der Waals surface area contributed by atoms with Gasteiger partial charge in [-0.25, -0.2) is 9.37 Å². The Labute approximate surface area is 127 Å². The highest BCUT2D eigenvalue weighted by atomic mass is 19.1. The predicted octanol–water partition coefficient (Wildman–Crippen LogP) is 3.74. The number of rotatable bonds is 4. The standard InChI is InChI=1S/C17H28FN3/c1-13(2)19-11-14-10-15(18)12-20-16(14)21-8-5-6-17(3,4)7-9-21/h10,12-13,19H,5-9,11H2,1-4H3. The molecule has 1 aromatic rings. The van der Waals surface area contributed by atoms with Crippen molar-refractivity contribution in [2.24, 2.45) is 5.41 Å². The zero-order valence-electron chi connectivity index (χ0n) is 13.7. The highest BCUT2D eigenvalue weighted by Gasteiger charge is 2.24. The third-order valence-corrected chi connectivity index (χ3v) is 4.25. The summed E-state index contributed by atoms with van der Waals surface area (Å²) in [5, 5.41) is 3.37. The largest absolute Gasteiger partial charge is 0.356 e. The lowest BCUT2D eigenvalue weighted by Crippen LogP contribution is -2.29. The van der Waals surface area contributed by atoms with Crippen molar-refractivity contribution >= 4 is 5.82 Å². The highest BCUT2D eigenvalue weighted by Crippen LogP contribution is 2.32. The van der Waals surface area contributed by atoms with E-state index < -0.39 is 0 Å². The van der Waals surface area contributed by atoms with Gasteiger partial charge in [-0.1, -0.05) is 27.7 Å². The number of hydrogen-bond acceptors (Lipinski definition) is 3. The van der Waals surface area contributed by atoms with Crippen LogP contribution in [-0.4, -0.2) is 24.1 Å². The van der Waals surface area contributed by atoms with Crippen LogP contribution in [0.25, 0.3) is 0 Å². The van der Waals surface area contributed by atoms with Crippen molar-refractivity contribution in [3.8, 4) is 0 Å². The van der Waals surface area contributed by atoms with E-state index in [1.54, 1.807) is 6.07 Å². The minimum Gasteiger partial charge on any atom is -0.356 e. The maximum absolute atomic E-state index is 13.5. The molecule has 0 amide bonds. The fourth-order valence-electron chi connectivity index (χ4n) is 2.84. The van der Waals surface area contributed by atoms with Crippen LogP contribution in [0.4, 0.5) is 10.2 Å². The molecule has 1 aromatic heterocycles. The first-order valence-electron chi connectivity index (χ1n) is 8.00. The van der Waals surface area contributed by atoms with E-state index in [2.05, 4.69) is 42.9 Å². The molecule has 1 aliphatic rings. The fraction of sp³-hybridized carbons (Fsp3) is 0.706. The molecule has 3 nitrogen and oxygen atoms in total. The number of hydrogen-bond donors (Lipinski definition) is 1. The van der Waals surface area contributed by atoms with Gasteiger partial charge in [-0.3, -0.25) is 0 Å². The molecule has 0 saturated carbocycles. The molecule has 0 aliphatic carbocycles. The molecule has 1 aliphatic heterocycles. The van der Waals surface area contributed by atoms with E-state index in [0.717, 1.165) is 30.9 Å². The van der Waals surface area contributed by atoms with Crippen LogP contribution in [0.2, 0.25) is 0 Å². The van der Waals surface area contributed by atoms with Crippen molar-refractivity contribution in [1.82, 2.24) is 10.3 Å². The lowest BCUT2D eigenvalue weighted by Gasteiger charge is -2.26. The third-order valence-electron chi connectivity index (χ3n) is 4.25. The van der Waals surface area contributed by atoms with Crippen molar-refractivity contribution < 1.29 is 4.39 Å². The molecule has 21 heavy (non-hydrogen) atoms. The SMILES string of the molecule is CC(C)NCc1cc(F)cnc1N1CCCC(C)(C)CC1. The Morgan fingerprint density at radius 1 is 1.33 bits per heavy atom. The summed E-state index contributed by atoms with van der Waals surface area (Å²) in [5.41, 5.74) is 1.36. The molecule has 118 valence electrons. The van der Waals surface area contributed by atoms with Crippen LogP contribution in [0.15, 0.2) is 12.3 Å². The molecule has 2 heterocycles. The minimum atomic E-state index is -0.255. The van der Waals surface area contributed by atoms with Crippen LogP contribution < -0.4 is 10.2 Å². The summed E-state index contributed by atoms with van der Waals surface area (Å²) < 4.78 is 13.5. The van der Waals surface area contributed by atoms with E-state index in [0.29, 0.717) is 18.0 Å². The van der Waals surface area contributed by atoms with Crippen molar-refractivity contribution in [1.29, 1.82) is 0 Å². The van der Waals surface area contributed by atoms with Gasteiger partial charge in [-0.05, 0) is 30.7 Å². The van der Waals surface area contributed by atoms with Gasteiger partial charge in [0.25, 0.3) is 0 Å². The van der Waals surface area contributed by atoms with Crippen molar-refractivity contribution in [3.63, 3.8) is 0 Å². The molecule has 1 saturated heterocycles. The minimum absolute atomic E-state index is 0.255. The Bertz CT molecular complexity index is 471. The molecule has 0 atom stereocenters. The first-order chi connectivity index (χ1) is 9.87. The van der Waals surface area contributed by atoms with Gasteiger partial charge >= 0.3 is 0 Å². The second kappa shape index (κ2) is 6.73. The number of nitrogens with zero attached hydrogens (tertiary/aromatic N) is 2. The molecule has 1 fully saturated rings. The van der Waals surface area contributed by atoms with Gasteiger partial charge in [-0.15, -0.1) is 0 Å². The van der Waals surface area contributed by atoms with Crippen molar-refractivity contribution in [2.75, 3.05) is 18.0 Å². The van der Waals surface area contributed by atoms with Crippen molar-refractivity contribution in [2.45, 2.75) is 59.5 Å². The monoisotopic (exact) mass is 293 g/mol. The van der Waals surface area contributed by atoms with Gasteiger partial charge in [0.15, 0.2) is 0 Å². The molecular weight excluding hydrogens is 265 g/mol. The summed E-state index contributed by atoms with van der Waals surface area (Å²) in [6, 6.07) is 2.00. The Morgan fingerprint density at radius 2 is 2.10 bits per heavy atom. The van der Waals surface area contributed by atoms with E-state index in [1.165, 1.54) is 19.0 Å². The van der Waals surface area contributed by atoms with Gasteiger partial charge in [0.2, 0.25) is 0 Å². The van der Waals surface area contributed by atoms with Gasteiger partial charge in [0, 0.05) is 31.2 Å². The molecule has 2 rings (SSSR count). The summed E-state index contributed by atoms with van der Waals surface area (Å²) >= 11 is 0. The molecule has 4 heteroatoms. The number of nitrogens with one attached hydrogen (secondary N) is 1. The Hall–Kier alpha value is -1.16. The zero-order chi connectivity index (χ0) is 15.5. The van der Waals surface area contributed by atoms with Crippen LogP contribution in [0, 0.1) is 11.2 Å². The molecular formula is C17H28FN3. The number of halogens is 1. The molecule has 0 unspecified atom stereocenters. The van der Waals surface area contributed by atoms with Crippen LogP contribution in [0.3, 0.4) is 0 Å². The van der Waals surface area contributed by atoms with Crippen LogP contribution in [0.5, 0.6) is 0 Å². The molecule has 0 bridgehead atoms. The normalized spacial score (nSPS) is 18.9. The second-order valence-electron chi connectivity index (χ2n) is 7.18. The third kappa shape index (κ3) is 4.67. The number of pyridine rings is 1. The highest BCUT2D eigenvalue weighted by molar-refractivity contribution is 5.47. The fourth-order valence-corrected chi connectivity index (χ4v) is 2.84. The quantitative estimate of drug-likeness (QED) is 0.916. The average Bonchev–Trinajstić information content (AvgIpc) is 2.57. The van der Waals surface area contributed by atoms with E-state index in [-0.39, 0.29) is 5.82 Å². The van der Waals surface area contributed by atoms with Crippen molar-refractivity contribution in [3.05, 3.63) is 23.6 Å². The summed E-state index contributed by atoms with van der Waals surface area (Å²) in [6.07, 6.45) is 4.90. The van der Waals surface area contributed by atoms with E-state index in [1.807, 2.05) is 0 Å². The summed E-state index contributed by atoms with van der Waals surface area (Å²) in [7, 11) is 0. The Morgan fingerprint density at radius 3 is 2.81 bits per heavy atom. The zero-order valence-corrected chi connectivity index (χ0v) is 13.7. The van der Waals surface area contributed by atoms with Gasteiger partial charge in [-0.2, -0.15) is 0 Å². The van der Waals surface area contributed by atoms with Gasteiger partial charge < -0.3 is 10.2 Å². The lowest BCUT2D eigenvalue weighted by molar-refractivity contribution is 0.325. The number of anilines is 1.